The summed E-state index contributed by atoms with van der Waals surface area (Å²) in [5.41, 5.74) is 2.50. The van der Waals surface area contributed by atoms with E-state index in [1.54, 1.807) is 18.9 Å². The first kappa shape index (κ1) is 16.4. The van der Waals surface area contributed by atoms with Gasteiger partial charge in [-0.25, -0.2) is 0 Å². The summed E-state index contributed by atoms with van der Waals surface area (Å²) in [6, 6.07) is 16.7. The third-order valence-electron chi connectivity index (χ3n) is 3.05. The molecule has 112 valence electrons. The molecule has 0 saturated heterocycles. The van der Waals surface area contributed by atoms with Crippen molar-refractivity contribution in [3.8, 4) is 0 Å². The maximum Gasteiger partial charge on any atom is 0.0587 e. The van der Waals surface area contributed by atoms with Crippen molar-refractivity contribution in [2.45, 2.75) is 17.2 Å². The fourth-order valence-electron chi connectivity index (χ4n) is 1.91. The lowest BCUT2D eigenvalue weighted by Crippen LogP contribution is -2.18. The van der Waals surface area contributed by atoms with Gasteiger partial charge in [0.1, 0.15) is 0 Å². The summed E-state index contributed by atoms with van der Waals surface area (Å²) in [6.45, 7) is 2.38. The summed E-state index contributed by atoms with van der Waals surface area (Å²) in [5.74, 6) is 0.937. The fraction of sp³-hybridized carbons (Fsp3) is 0.294. The van der Waals surface area contributed by atoms with E-state index >= 15 is 0 Å². The number of thioether (sulfide) groups is 1. The maximum atomic E-state index is 6.36. The van der Waals surface area contributed by atoms with E-state index in [1.165, 1.54) is 11.1 Å². The molecule has 0 aliphatic rings. The molecular weight excluding hydrogens is 302 g/mol. The third-order valence-corrected chi connectivity index (χ3v) is 4.61. The van der Waals surface area contributed by atoms with Crippen LogP contribution in [-0.4, -0.2) is 20.3 Å². The van der Waals surface area contributed by atoms with Gasteiger partial charge < -0.3 is 10.1 Å². The molecule has 0 atom stereocenters. The van der Waals surface area contributed by atoms with Crippen molar-refractivity contribution in [2.24, 2.45) is 0 Å². The number of hydrogen-bond donors (Lipinski definition) is 1. The van der Waals surface area contributed by atoms with Crippen molar-refractivity contribution in [3.05, 3.63) is 64.7 Å². The zero-order valence-electron chi connectivity index (χ0n) is 12.1. The van der Waals surface area contributed by atoms with Crippen LogP contribution in [0, 0.1) is 0 Å². The number of hydrogen-bond acceptors (Lipinski definition) is 3. The van der Waals surface area contributed by atoms with E-state index in [2.05, 4.69) is 41.7 Å². The molecule has 0 unspecified atom stereocenters. The van der Waals surface area contributed by atoms with Gasteiger partial charge in [-0.15, -0.1) is 11.8 Å². The van der Waals surface area contributed by atoms with Crippen LogP contribution < -0.4 is 5.32 Å². The first-order chi connectivity index (χ1) is 10.3. The summed E-state index contributed by atoms with van der Waals surface area (Å²) >= 11 is 8.13. The molecule has 2 aromatic carbocycles. The molecule has 0 amide bonds. The minimum Gasteiger partial charge on any atom is -0.383 e. The Hall–Kier alpha value is -1.00. The molecule has 0 aliphatic carbocycles. The molecule has 0 heterocycles. The van der Waals surface area contributed by atoms with Gasteiger partial charge in [-0.1, -0.05) is 48.0 Å². The van der Waals surface area contributed by atoms with E-state index in [1.807, 2.05) is 12.1 Å². The largest absolute Gasteiger partial charge is 0.383 e. The summed E-state index contributed by atoms with van der Waals surface area (Å²) < 4.78 is 5.00. The zero-order chi connectivity index (χ0) is 14.9. The van der Waals surface area contributed by atoms with Crippen molar-refractivity contribution >= 4 is 23.4 Å². The SMILES string of the molecule is COCCNCc1ccc(SCc2ccccc2)c(Cl)c1. The Kier molecular flexibility index (Phi) is 7.10. The minimum absolute atomic E-state index is 0.721. The highest BCUT2D eigenvalue weighted by Crippen LogP contribution is 2.30. The normalized spacial score (nSPS) is 10.8. The number of halogens is 1. The highest BCUT2D eigenvalue weighted by Gasteiger charge is 2.03. The second kappa shape index (κ2) is 9.11. The van der Waals surface area contributed by atoms with Crippen LogP contribution in [0.4, 0.5) is 0 Å². The molecule has 0 aliphatic heterocycles. The molecule has 0 aromatic heterocycles. The van der Waals surface area contributed by atoms with Gasteiger partial charge >= 0.3 is 0 Å². The first-order valence-electron chi connectivity index (χ1n) is 6.94. The van der Waals surface area contributed by atoms with Crippen LogP contribution in [-0.2, 0) is 17.0 Å². The van der Waals surface area contributed by atoms with Crippen molar-refractivity contribution in [1.29, 1.82) is 0 Å². The van der Waals surface area contributed by atoms with Gasteiger partial charge in [-0.05, 0) is 23.3 Å². The predicted octanol–water partition coefficient (Wildman–Crippen LogP) is 4.37. The van der Waals surface area contributed by atoms with E-state index < -0.39 is 0 Å². The summed E-state index contributed by atoms with van der Waals surface area (Å²) in [6.07, 6.45) is 0. The van der Waals surface area contributed by atoms with Crippen molar-refractivity contribution < 1.29 is 4.74 Å². The predicted molar refractivity (Wildman–Crippen MR) is 91.0 cm³/mol. The van der Waals surface area contributed by atoms with E-state index in [0.29, 0.717) is 0 Å². The van der Waals surface area contributed by atoms with Crippen LogP contribution in [0.15, 0.2) is 53.4 Å². The molecule has 0 fully saturated rings. The van der Waals surface area contributed by atoms with Gasteiger partial charge in [0.25, 0.3) is 0 Å². The monoisotopic (exact) mass is 321 g/mol. The van der Waals surface area contributed by atoms with Gasteiger partial charge in [0.15, 0.2) is 0 Å². The minimum atomic E-state index is 0.721. The molecule has 2 rings (SSSR count). The smallest absolute Gasteiger partial charge is 0.0587 e. The van der Waals surface area contributed by atoms with E-state index in [0.717, 1.165) is 35.4 Å². The van der Waals surface area contributed by atoms with E-state index in [9.17, 15) is 0 Å². The fourth-order valence-corrected chi connectivity index (χ4v) is 3.16. The molecule has 1 N–H and O–H groups in total. The molecule has 0 radical (unpaired) electrons. The maximum absolute atomic E-state index is 6.36. The number of benzene rings is 2. The van der Waals surface area contributed by atoms with Gasteiger partial charge in [-0.2, -0.15) is 0 Å². The second-order valence-corrected chi connectivity index (χ2v) is 6.13. The summed E-state index contributed by atoms with van der Waals surface area (Å²) in [4.78, 5) is 1.13. The first-order valence-corrected chi connectivity index (χ1v) is 8.31. The standard InChI is InChI=1S/C17H20ClNOS/c1-20-10-9-19-12-15-7-8-17(16(18)11-15)21-13-14-5-3-2-4-6-14/h2-8,11,19H,9-10,12-13H2,1H3. The van der Waals surface area contributed by atoms with Crippen LogP contribution in [0.25, 0.3) is 0 Å². The van der Waals surface area contributed by atoms with Crippen LogP contribution in [0.3, 0.4) is 0 Å². The second-order valence-electron chi connectivity index (χ2n) is 4.71. The third kappa shape index (κ3) is 5.71. The van der Waals surface area contributed by atoms with E-state index in [-0.39, 0.29) is 0 Å². The Morgan fingerprint density at radius 1 is 1.10 bits per heavy atom. The average molecular weight is 322 g/mol. The molecular formula is C17H20ClNOS. The average Bonchev–Trinajstić information content (AvgIpc) is 2.52. The number of rotatable bonds is 8. The molecule has 2 aromatic rings. The molecule has 21 heavy (non-hydrogen) atoms. The van der Waals surface area contributed by atoms with Gasteiger partial charge in [0, 0.05) is 30.8 Å². The zero-order valence-corrected chi connectivity index (χ0v) is 13.7. The topological polar surface area (TPSA) is 21.3 Å². The summed E-state index contributed by atoms with van der Waals surface area (Å²) in [5, 5.41) is 4.14. The highest BCUT2D eigenvalue weighted by atomic mass is 35.5. The lowest BCUT2D eigenvalue weighted by atomic mass is 10.2. The van der Waals surface area contributed by atoms with E-state index in [4.69, 9.17) is 16.3 Å². The van der Waals surface area contributed by atoms with Crippen molar-refractivity contribution in [3.63, 3.8) is 0 Å². The van der Waals surface area contributed by atoms with Gasteiger partial charge in [0.05, 0.1) is 11.6 Å². The van der Waals surface area contributed by atoms with Crippen LogP contribution in [0.2, 0.25) is 5.02 Å². The molecule has 4 heteroatoms. The Balaban J connectivity index is 1.87. The van der Waals surface area contributed by atoms with Crippen molar-refractivity contribution in [1.82, 2.24) is 5.32 Å². The Morgan fingerprint density at radius 2 is 1.90 bits per heavy atom. The molecule has 2 nitrogen and oxygen atoms in total. The summed E-state index contributed by atoms with van der Waals surface area (Å²) in [7, 11) is 1.71. The van der Waals surface area contributed by atoms with Crippen LogP contribution in [0.5, 0.6) is 0 Å². The number of methoxy groups -OCH3 is 1. The molecule has 0 bridgehead atoms. The lowest BCUT2D eigenvalue weighted by Gasteiger charge is -2.08. The lowest BCUT2D eigenvalue weighted by molar-refractivity contribution is 0.199. The van der Waals surface area contributed by atoms with Gasteiger partial charge in [0.2, 0.25) is 0 Å². The quantitative estimate of drug-likeness (QED) is 0.576. The molecule has 0 saturated carbocycles. The Bertz CT molecular complexity index is 548. The highest BCUT2D eigenvalue weighted by molar-refractivity contribution is 7.98. The van der Waals surface area contributed by atoms with Gasteiger partial charge in [-0.3, -0.25) is 0 Å². The number of ether oxygens (including phenoxy) is 1. The van der Waals surface area contributed by atoms with Crippen LogP contribution >= 0.6 is 23.4 Å². The Morgan fingerprint density at radius 3 is 2.62 bits per heavy atom. The Labute approximate surface area is 135 Å². The van der Waals surface area contributed by atoms with Crippen LogP contribution in [0.1, 0.15) is 11.1 Å². The number of nitrogens with one attached hydrogen (secondary N) is 1. The molecule has 0 spiro atoms. The van der Waals surface area contributed by atoms with Crippen molar-refractivity contribution in [2.75, 3.05) is 20.3 Å².